The van der Waals surface area contributed by atoms with Crippen LogP contribution >= 0.6 is 23.2 Å². The van der Waals surface area contributed by atoms with Gasteiger partial charge >= 0.3 is 12.2 Å². The van der Waals surface area contributed by atoms with Crippen LogP contribution in [0, 0.1) is 22.7 Å². The van der Waals surface area contributed by atoms with Gasteiger partial charge in [-0.3, -0.25) is 9.59 Å². The Morgan fingerprint density at radius 2 is 1.01 bits per heavy atom. The first-order valence-corrected chi connectivity index (χ1v) is 25.8. The lowest BCUT2D eigenvalue weighted by atomic mass is 9.64. The minimum atomic E-state index is -0.745. The molecule has 2 aliphatic carbocycles. The topological polar surface area (TPSA) is 192 Å². The third kappa shape index (κ3) is 16.4. The molecule has 0 radical (unpaired) electrons. The van der Waals surface area contributed by atoms with E-state index < -0.39 is 35.5 Å². The Bertz CT molecular complexity index is 1990. The molecule has 4 fully saturated rings. The molecule has 2 saturated heterocycles. The number of azide groups is 1. The maximum atomic E-state index is 13.6. The molecule has 0 spiro atoms. The summed E-state index contributed by atoms with van der Waals surface area (Å²) in [4.78, 5) is 59.0. The molecule has 2 aliphatic heterocycles. The maximum absolute atomic E-state index is 13.6. The van der Waals surface area contributed by atoms with Crippen molar-refractivity contribution >= 4 is 47.2 Å². The molecular formula is C52H78Cl2N8O6. The van der Waals surface area contributed by atoms with Crippen LogP contribution in [0.15, 0.2) is 53.6 Å². The van der Waals surface area contributed by atoms with Crippen LogP contribution in [-0.4, -0.2) is 96.4 Å². The zero-order valence-corrected chi connectivity index (χ0v) is 43.0. The van der Waals surface area contributed by atoms with E-state index in [-0.39, 0.29) is 22.6 Å². The molecule has 14 nitrogen and oxygen atoms in total. The van der Waals surface area contributed by atoms with Crippen molar-refractivity contribution in [3.8, 4) is 0 Å². The highest BCUT2D eigenvalue weighted by Gasteiger charge is 2.44. The van der Waals surface area contributed by atoms with Crippen molar-refractivity contribution in [2.24, 2.45) is 33.5 Å². The van der Waals surface area contributed by atoms with Crippen LogP contribution in [0.2, 0.25) is 10.0 Å². The molecule has 0 unspecified atom stereocenters. The fourth-order valence-electron chi connectivity index (χ4n) is 10.9. The monoisotopic (exact) mass is 981 g/mol. The van der Waals surface area contributed by atoms with E-state index in [0.717, 1.165) is 49.7 Å². The van der Waals surface area contributed by atoms with Crippen molar-refractivity contribution in [2.45, 2.75) is 168 Å². The van der Waals surface area contributed by atoms with Gasteiger partial charge in [0.2, 0.25) is 11.8 Å². The predicted octanol–water partition coefficient (Wildman–Crippen LogP) is 11.2. The van der Waals surface area contributed by atoms with Gasteiger partial charge in [-0.2, -0.15) is 0 Å². The SMILES string of the molecule is CC(C)(C)OC(=O)N[C@H](Cc1ccc(Cl)cc1)C(=O)N1CCC(CN)(C2CCCCC2)CC1.CC(C)(C)OC(=O)N[C@H](Cc1ccc(Cl)cc1)C(=O)N1CCC(CN=[N+]=[N-])(C2CCCCC2)CC1. The number of alkyl carbamates (subject to hydrolysis) is 2. The van der Waals surface area contributed by atoms with Crippen molar-refractivity contribution in [3.63, 3.8) is 0 Å². The lowest BCUT2D eigenvalue weighted by Gasteiger charge is -2.48. The van der Waals surface area contributed by atoms with Crippen LogP contribution in [0.3, 0.4) is 0 Å². The maximum Gasteiger partial charge on any atom is 0.408 e. The number of rotatable bonds is 13. The molecule has 0 aromatic heterocycles. The molecule has 2 saturated carbocycles. The van der Waals surface area contributed by atoms with Gasteiger partial charge in [-0.1, -0.05) is 91.1 Å². The highest BCUT2D eigenvalue weighted by Crippen LogP contribution is 2.47. The van der Waals surface area contributed by atoms with E-state index in [2.05, 4.69) is 20.7 Å². The van der Waals surface area contributed by atoms with Crippen LogP contribution in [0.5, 0.6) is 0 Å². The van der Waals surface area contributed by atoms with Crippen molar-refractivity contribution in [1.82, 2.24) is 20.4 Å². The standard InChI is InChI=1S/C26H38ClN5O3.C26H40ClN3O3/c1-25(2,3)35-24(34)30-22(17-19-9-11-21(27)12-10-19)23(33)32-15-13-26(14-16-32,18-29-31-28)20-7-5-4-6-8-20;1-25(2,3)33-24(32)29-22(17-19-9-11-21(27)12-10-19)23(31)30-15-13-26(18-28,14-16-30)20-7-5-4-6-8-20/h9-12,20,22H,4-8,13-18H2,1-3H3,(H,30,34);9-12,20,22H,4-8,13-18,28H2,1-3H3,(H,29,32)/t2*22-/m11/s1. The molecule has 2 aromatic rings. The predicted molar refractivity (Wildman–Crippen MR) is 269 cm³/mol. The number of ether oxygens (including phenoxy) is 2. The molecule has 376 valence electrons. The van der Waals surface area contributed by atoms with E-state index in [4.69, 9.17) is 43.9 Å². The molecule has 2 heterocycles. The Morgan fingerprint density at radius 1 is 0.662 bits per heavy atom. The number of carbonyl (C=O) groups is 4. The molecule has 2 aromatic carbocycles. The van der Waals surface area contributed by atoms with E-state index in [9.17, 15) is 19.2 Å². The van der Waals surface area contributed by atoms with E-state index in [1.54, 1.807) is 45.0 Å². The normalized spacial score (nSPS) is 19.8. The van der Waals surface area contributed by atoms with Crippen LogP contribution in [-0.2, 0) is 31.9 Å². The Labute approximate surface area is 415 Å². The number of likely N-dealkylation sites (tertiary alicyclic amines) is 2. The van der Waals surface area contributed by atoms with Gasteiger partial charge in [0.15, 0.2) is 0 Å². The summed E-state index contributed by atoms with van der Waals surface area (Å²) in [5, 5.41) is 10.9. The first-order valence-electron chi connectivity index (χ1n) is 25.0. The Hall–Kier alpha value is -4.23. The van der Waals surface area contributed by atoms with Crippen LogP contribution in [0.4, 0.5) is 9.59 Å². The van der Waals surface area contributed by atoms with E-state index in [1.165, 1.54) is 51.4 Å². The second-order valence-corrected chi connectivity index (χ2v) is 22.6. The number of piperidine rings is 2. The van der Waals surface area contributed by atoms with Gasteiger partial charge in [-0.05, 0) is 163 Å². The number of halogens is 2. The summed E-state index contributed by atoms with van der Waals surface area (Å²) in [6.07, 6.45) is 15.5. The summed E-state index contributed by atoms with van der Waals surface area (Å²) in [7, 11) is 0. The first kappa shape index (κ1) is 54.7. The third-order valence-electron chi connectivity index (χ3n) is 14.6. The van der Waals surface area contributed by atoms with Gasteiger partial charge in [-0.25, -0.2) is 9.59 Å². The first-order chi connectivity index (χ1) is 32.2. The zero-order chi connectivity index (χ0) is 49.5. The zero-order valence-electron chi connectivity index (χ0n) is 41.5. The van der Waals surface area contributed by atoms with Gasteiger partial charge < -0.3 is 35.6 Å². The summed E-state index contributed by atoms with van der Waals surface area (Å²) in [5.41, 5.74) is 15.9. The van der Waals surface area contributed by atoms with Crippen molar-refractivity contribution in [2.75, 3.05) is 39.3 Å². The molecule has 16 heteroatoms. The van der Waals surface area contributed by atoms with Crippen LogP contribution in [0.1, 0.15) is 143 Å². The summed E-state index contributed by atoms with van der Waals surface area (Å²) in [6.45, 7) is 14.5. The van der Waals surface area contributed by atoms with Crippen molar-refractivity contribution < 1.29 is 28.7 Å². The van der Waals surface area contributed by atoms with Gasteiger partial charge in [-0.15, -0.1) is 0 Å². The molecule has 4 amide bonds. The lowest BCUT2D eigenvalue weighted by Crippen LogP contribution is -2.55. The summed E-state index contributed by atoms with van der Waals surface area (Å²) >= 11 is 12.0. The third-order valence-corrected chi connectivity index (χ3v) is 15.1. The molecule has 4 aliphatic rings. The largest absolute Gasteiger partial charge is 0.444 e. The molecule has 0 bridgehead atoms. The van der Waals surface area contributed by atoms with Crippen molar-refractivity contribution in [3.05, 3.63) is 80.1 Å². The molecule has 6 rings (SSSR count). The number of nitrogens with zero attached hydrogens (tertiary/aromatic N) is 5. The fourth-order valence-corrected chi connectivity index (χ4v) is 11.1. The Kier molecular flexibility index (Phi) is 20.2. The summed E-state index contributed by atoms with van der Waals surface area (Å²) in [5.74, 6) is 1.01. The second kappa shape index (κ2) is 25.1. The number of nitrogens with one attached hydrogen (secondary N) is 2. The lowest BCUT2D eigenvalue weighted by molar-refractivity contribution is -0.137. The van der Waals surface area contributed by atoms with Gasteiger partial charge in [0.25, 0.3) is 0 Å². The average Bonchev–Trinajstić information content (AvgIpc) is 3.31. The second-order valence-electron chi connectivity index (χ2n) is 21.7. The number of carbonyl (C=O) groups excluding carboxylic acids is 4. The number of nitrogens with two attached hydrogens (primary N) is 1. The van der Waals surface area contributed by atoms with E-state index >= 15 is 0 Å². The van der Waals surface area contributed by atoms with Gasteiger partial charge in [0, 0.05) is 60.5 Å². The number of amides is 4. The van der Waals surface area contributed by atoms with Crippen LogP contribution in [0.25, 0.3) is 10.4 Å². The molecule has 4 N–H and O–H groups in total. The number of hydrogen-bond donors (Lipinski definition) is 3. The number of benzene rings is 2. The minimum Gasteiger partial charge on any atom is -0.444 e. The van der Waals surface area contributed by atoms with Gasteiger partial charge in [0.1, 0.15) is 23.3 Å². The van der Waals surface area contributed by atoms with E-state index in [1.807, 2.05) is 54.8 Å². The minimum absolute atomic E-state index is 0.0479. The van der Waals surface area contributed by atoms with E-state index in [0.29, 0.717) is 74.0 Å². The summed E-state index contributed by atoms with van der Waals surface area (Å²) < 4.78 is 10.9. The summed E-state index contributed by atoms with van der Waals surface area (Å²) in [6, 6.07) is 13.2. The van der Waals surface area contributed by atoms with Gasteiger partial charge in [0.05, 0.1) is 0 Å². The Balaban J connectivity index is 0.000000255. The molecular weight excluding hydrogens is 904 g/mol. The Morgan fingerprint density at radius 3 is 1.35 bits per heavy atom. The molecule has 2 atom stereocenters. The number of hydrogen-bond acceptors (Lipinski definition) is 8. The highest BCUT2D eigenvalue weighted by atomic mass is 35.5. The smallest absolute Gasteiger partial charge is 0.408 e. The fraction of sp³-hybridized carbons (Fsp3) is 0.692. The quantitative estimate of drug-likeness (QED) is 0.101. The van der Waals surface area contributed by atoms with Crippen LogP contribution < -0.4 is 16.4 Å². The highest BCUT2D eigenvalue weighted by molar-refractivity contribution is 6.30. The average molecular weight is 982 g/mol. The van der Waals surface area contributed by atoms with Crippen molar-refractivity contribution in [1.29, 1.82) is 0 Å². The molecule has 68 heavy (non-hydrogen) atoms.